The van der Waals surface area contributed by atoms with Gasteiger partial charge >= 0.3 is 12.0 Å². The van der Waals surface area contributed by atoms with Crippen LogP contribution in [0.25, 0.3) is 0 Å². The zero-order valence-electron chi connectivity index (χ0n) is 13.7. The van der Waals surface area contributed by atoms with Crippen LogP contribution >= 0.6 is 0 Å². The van der Waals surface area contributed by atoms with Crippen molar-refractivity contribution in [2.75, 3.05) is 25.5 Å². The highest BCUT2D eigenvalue weighted by molar-refractivity contribution is 5.92. The quantitative estimate of drug-likeness (QED) is 0.758. The lowest BCUT2D eigenvalue weighted by molar-refractivity contribution is -0.125. The Balaban J connectivity index is 1.61. The molecule has 0 aliphatic carbocycles. The number of anilines is 1. The fourth-order valence-electron chi connectivity index (χ4n) is 3.31. The Labute approximate surface area is 139 Å². The molecule has 2 unspecified atom stereocenters. The van der Waals surface area contributed by atoms with E-state index in [0.29, 0.717) is 25.3 Å². The van der Waals surface area contributed by atoms with Crippen molar-refractivity contribution >= 4 is 23.7 Å². The van der Waals surface area contributed by atoms with Crippen LogP contribution in [-0.2, 0) is 16.6 Å². The van der Waals surface area contributed by atoms with Gasteiger partial charge in [0.25, 0.3) is 0 Å². The first-order valence-corrected chi connectivity index (χ1v) is 7.95. The van der Waals surface area contributed by atoms with E-state index < -0.39 is 5.97 Å². The third-order valence-corrected chi connectivity index (χ3v) is 4.62. The number of aromatic nitrogens is 2. The van der Waals surface area contributed by atoms with Crippen LogP contribution in [0.3, 0.4) is 0 Å². The summed E-state index contributed by atoms with van der Waals surface area (Å²) in [5.41, 5.74) is 0.265. The van der Waals surface area contributed by atoms with Crippen molar-refractivity contribution in [3.8, 4) is 0 Å². The summed E-state index contributed by atoms with van der Waals surface area (Å²) in [6.07, 6.45) is 2.06. The lowest BCUT2D eigenvalue weighted by atomic mass is 9.85. The number of piperidine rings is 2. The van der Waals surface area contributed by atoms with Gasteiger partial charge in [0.2, 0.25) is 5.91 Å². The third-order valence-electron chi connectivity index (χ3n) is 4.62. The zero-order chi connectivity index (χ0) is 17.3. The van der Waals surface area contributed by atoms with Gasteiger partial charge in [0.1, 0.15) is 5.69 Å². The Hall–Kier alpha value is -2.58. The summed E-state index contributed by atoms with van der Waals surface area (Å²) in [5, 5.41) is 9.81. The Bertz CT molecular complexity index is 671. The Morgan fingerprint density at radius 1 is 1.42 bits per heavy atom. The lowest BCUT2D eigenvalue weighted by Crippen LogP contribution is -2.55. The molecule has 0 radical (unpaired) electrons. The number of hydrogen-bond donors (Lipinski definition) is 2. The number of esters is 1. The van der Waals surface area contributed by atoms with Gasteiger partial charge in [-0.2, -0.15) is 5.10 Å². The molecule has 0 bridgehead atoms. The second kappa shape index (κ2) is 6.50. The van der Waals surface area contributed by atoms with Gasteiger partial charge in [-0.25, -0.2) is 9.59 Å². The molecule has 9 heteroatoms. The van der Waals surface area contributed by atoms with Crippen molar-refractivity contribution in [2.24, 2.45) is 13.0 Å². The minimum atomic E-state index is -0.510. The number of fused-ring (bicyclic) bond motifs is 1. The molecule has 3 heterocycles. The van der Waals surface area contributed by atoms with Crippen molar-refractivity contribution in [2.45, 2.75) is 25.3 Å². The molecule has 24 heavy (non-hydrogen) atoms. The highest BCUT2D eigenvalue weighted by atomic mass is 16.5. The summed E-state index contributed by atoms with van der Waals surface area (Å²) < 4.78 is 6.03. The predicted molar refractivity (Wildman–Crippen MR) is 84.4 cm³/mol. The molecular formula is C15H21N5O4. The largest absolute Gasteiger partial charge is 0.464 e. The normalized spacial score (nSPS) is 23.2. The lowest BCUT2D eigenvalue weighted by Gasteiger charge is -2.41. The average Bonchev–Trinajstić information content (AvgIpc) is 2.93. The Morgan fingerprint density at radius 2 is 2.21 bits per heavy atom. The van der Waals surface area contributed by atoms with Gasteiger partial charge in [-0.3, -0.25) is 14.8 Å². The molecule has 2 atom stereocenters. The first-order valence-electron chi connectivity index (χ1n) is 7.95. The van der Waals surface area contributed by atoms with E-state index >= 15 is 0 Å². The highest BCUT2D eigenvalue weighted by Crippen LogP contribution is 2.25. The molecule has 0 saturated carbocycles. The number of methoxy groups -OCH3 is 1. The molecule has 0 aromatic carbocycles. The third kappa shape index (κ3) is 3.19. The number of hydrogen-bond acceptors (Lipinski definition) is 5. The molecule has 9 nitrogen and oxygen atoms in total. The maximum atomic E-state index is 12.4. The van der Waals surface area contributed by atoms with E-state index in [2.05, 4.69) is 20.5 Å². The SMILES string of the molecule is COC(=O)c1cc(NC(=O)N2CCC3NC(=O)CCC3C2)nn1C. The number of rotatable bonds is 2. The molecule has 2 aliphatic rings. The zero-order valence-corrected chi connectivity index (χ0v) is 13.7. The molecule has 3 amide bonds. The minimum Gasteiger partial charge on any atom is -0.464 e. The molecule has 2 saturated heterocycles. The van der Waals surface area contributed by atoms with E-state index in [4.69, 9.17) is 0 Å². The monoisotopic (exact) mass is 335 g/mol. The number of amides is 3. The number of likely N-dealkylation sites (tertiary alicyclic amines) is 1. The van der Waals surface area contributed by atoms with Gasteiger partial charge in [0.15, 0.2) is 5.82 Å². The number of carbonyl (C=O) groups excluding carboxylic acids is 3. The van der Waals surface area contributed by atoms with Crippen LogP contribution in [0.2, 0.25) is 0 Å². The van der Waals surface area contributed by atoms with Crippen LogP contribution in [0.15, 0.2) is 6.07 Å². The van der Waals surface area contributed by atoms with Crippen LogP contribution in [0.4, 0.5) is 10.6 Å². The van der Waals surface area contributed by atoms with E-state index in [9.17, 15) is 14.4 Å². The summed E-state index contributed by atoms with van der Waals surface area (Å²) in [6, 6.07) is 1.40. The van der Waals surface area contributed by atoms with Crippen molar-refractivity contribution in [1.29, 1.82) is 0 Å². The van der Waals surface area contributed by atoms with Gasteiger partial charge in [-0.05, 0) is 18.8 Å². The fourth-order valence-corrected chi connectivity index (χ4v) is 3.31. The van der Waals surface area contributed by atoms with Crippen molar-refractivity contribution in [1.82, 2.24) is 20.0 Å². The van der Waals surface area contributed by atoms with Gasteiger partial charge in [0, 0.05) is 38.7 Å². The summed E-state index contributed by atoms with van der Waals surface area (Å²) in [5.74, 6) is 0.181. The smallest absolute Gasteiger partial charge is 0.356 e. The molecule has 0 spiro atoms. The number of nitrogens with zero attached hydrogens (tertiary/aromatic N) is 3. The van der Waals surface area contributed by atoms with Crippen LogP contribution in [0.5, 0.6) is 0 Å². The van der Waals surface area contributed by atoms with Crippen molar-refractivity contribution < 1.29 is 19.1 Å². The molecule has 3 rings (SSSR count). The molecule has 130 valence electrons. The molecule has 2 fully saturated rings. The molecule has 1 aromatic heterocycles. The summed E-state index contributed by atoms with van der Waals surface area (Å²) in [4.78, 5) is 37.2. The number of carbonyl (C=O) groups is 3. The van der Waals surface area contributed by atoms with Crippen molar-refractivity contribution in [3.63, 3.8) is 0 Å². The standard InChI is InChI=1S/C15H21N5O4/c1-19-11(14(22)24-2)7-12(18-19)17-15(23)20-6-5-10-9(8-20)3-4-13(21)16-10/h7,9-10H,3-6,8H2,1-2H3,(H,16,21)(H,17,18,23). The first kappa shape index (κ1) is 16.3. The maximum absolute atomic E-state index is 12.4. The summed E-state index contributed by atoms with van der Waals surface area (Å²) >= 11 is 0. The van der Waals surface area contributed by atoms with Gasteiger partial charge in [-0.1, -0.05) is 0 Å². The second-order valence-corrected chi connectivity index (χ2v) is 6.17. The predicted octanol–water partition coefficient (Wildman–Crippen LogP) is 0.339. The van der Waals surface area contributed by atoms with E-state index in [1.165, 1.54) is 17.9 Å². The molecule has 2 aliphatic heterocycles. The van der Waals surface area contributed by atoms with Crippen LogP contribution < -0.4 is 10.6 Å². The minimum absolute atomic E-state index is 0.0953. The van der Waals surface area contributed by atoms with Gasteiger partial charge < -0.3 is 15.0 Å². The highest BCUT2D eigenvalue weighted by Gasteiger charge is 2.35. The number of aryl methyl sites for hydroxylation is 1. The van der Waals surface area contributed by atoms with E-state index in [1.54, 1.807) is 11.9 Å². The van der Waals surface area contributed by atoms with Crippen molar-refractivity contribution in [3.05, 3.63) is 11.8 Å². The van der Waals surface area contributed by atoms with E-state index in [1.807, 2.05) is 0 Å². The number of urea groups is 1. The molecule has 2 N–H and O–H groups in total. The molecule has 1 aromatic rings. The number of ether oxygens (including phenoxy) is 1. The van der Waals surface area contributed by atoms with E-state index in [0.717, 1.165) is 12.8 Å². The van der Waals surface area contributed by atoms with E-state index in [-0.39, 0.29) is 29.6 Å². The first-order chi connectivity index (χ1) is 11.5. The topological polar surface area (TPSA) is 106 Å². The summed E-state index contributed by atoms with van der Waals surface area (Å²) in [6.45, 7) is 1.18. The maximum Gasteiger partial charge on any atom is 0.356 e. The second-order valence-electron chi connectivity index (χ2n) is 6.17. The fraction of sp³-hybridized carbons (Fsp3) is 0.600. The van der Waals surface area contributed by atoms with Crippen LogP contribution in [-0.4, -0.2) is 58.8 Å². The van der Waals surface area contributed by atoms with Gasteiger partial charge in [-0.15, -0.1) is 0 Å². The average molecular weight is 335 g/mol. The Morgan fingerprint density at radius 3 is 2.96 bits per heavy atom. The molecular weight excluding hydrogens is 314 g/mol. The van der Waals surface area contributed by atoms with Crippen LogP contribution in [0, 0.1) is 5.92 Å². The number of nitrogens with one attached hydrogen (secondary N) is 2. The van der Waals surface area contributed by atoms with Gasteiger partial charge in [0.05, 0.1) is 7.11 Å². The summed E-state index contributed by atoms with van der Waals surface area (Å²) in [7, 11) is 2.90. The van der Waals surface area contributed by atoms with Crippen LogP contribution in [0.1, 0.15) is 29.8 Å². The Kier molecular flexibility index (Phi) is 4.41.